The molecule has 2 aromatic rings. The van der Waals surface area contributed by atoms with Crippen LogP contribution in [-0.2, 0) is 9.22 Å². The van der Waals surface area contributed by atoms with Gasteiger partial charge in [0.25, 0.3) is 8.32 Å². The summed E-state index contributed by atoms with van der Waals surface area (Å²) in [5.41, 5.74) is 2.01. The molecule has 2 nitrogen and oxygen atoms in total. The van der Waals surface area contributed by atoms with Crippen LogP contribution in [0.2, 0.25) is 5.04 Å². The van der Waals surface area contributed by atoms with Gasteiger partial charge in [0.05, 0.1) is 0 Å². The van der Waals surface area contributed by atoms with Gasteiger partial charge in [-0.25, -0.2) is 0 Å². The van der Waals surface area contributed by atoms with E-state index >= 15 is 0 Å². The van der Waals surface area contributed by atoms with Crippen LogP contribution in [0.5, 0.6) is 0 Å². The van der Waals surface area contributed by atoms with E-state index in [-0.39, 0.29) is 10.8 Å². The predicted molar refractivity (Wildman–Crippen MR) is 122 cm³/mol. The fourth-order valence-corrected chi connectivity index (χ4v) is 8.37. The molecule has 3 heteroatoms. The lowest BCUT2D eigenvalue weighted by Crippen LogP contribution is -2.66. The van der Waals surface area contributed by atoms with Crippen LogP contribution in [0.1, 0.15) is 54.4 Å². The molecule has 0 atom stereocenters. The normalized spacial score (nSPS) is 13.2. The topological polar surface area (TPSA) is 26.3 Å². The molecular weight excluding hydrogens is 360 g/mol. The monoisotopic (exact) mass is 394 g/mol. The van der Waals surface area contributed by atoms with Crippen LogP contribution in [0.15, 0.2) is 71.8 Å². The van der Waals surface area contributed by atoms with E-state index in [1.165, 1.54) is 10.4 Å². The number of rotatable bonds is 8. The van der Waals surface area contributed by atoms with E-state index < -0.39 is 8.32 Å². The van der Waals surface area contributed by atoms with Gasteiger partial charge in [0.15, 0.2) is 5.78 Å². The van der Waals surface area contributed by atoms with Crippen molar-refractivity contribution in [2.24, 2.45) is 0 Å². The molecule has 0 aliphatic rings. The molecule has 150 valence electrons. The van der Waals surface area contributed by atoms with Crippen molar-refractivity contribution in [2.45, 2.75) is 59.4 Å². The first kappa shape index (κ1) is 22.3. The van der Waals surface area contributed by atoms with Crippen LogP contribution in [0.25, 0.3) is 0 Å². The quantitative estimate of drug-likeness (QED) is 0.450. The lowest BCUT2D eigenvalue weighted by molar-refractivity contribution is -0.115. The standard InChI is InChI=1S/C25H34O2Si/c1-7-24(26)21(3)20(2)18-19-27-28(25(4,5)6,22-14-10-8-11-15-22)23-16-12-9-13-17-23/h8-17H,7,18-19H2,1-6H3/b21-20+. The molecule has 0 radical (unpaired) electrons. The second-order valence-electron chi connectivity index (χ2n) is 8.44. The average Bonchev–Trinajstić information content (AvgIpc) is 2.70. The van der Waals surface area contributed by atoms with Crippen LogP contribution < -0.4 is 10.4 Å². The van der Waals surface area contributed by atoms with E-state index in [2.05, 4.69) is 88.4 Å². The summed E-state index contributed by atoms with van der Waals surface area (Å²) in [5, 5.41) is 2.55. The molecule has 0 saturated carbocycles. The summed E-state index contributed by atoms with van der Waals surface area (Å²) in [6, 6.07) is 21.4. The van der Waals surface area contributed by atoms with Gasteiger partial charge in [-0.3, -0.25) is 4.79 Å². The van der Waals surface area contributed by atoms with Crippen LogP contribution in [0, 0.1) is 0 Å². The van der Waals surface area contributed by atoms with E-state index in [1.54, 1.807) is 0 Å². The molecule has 0 unspecified atom stereocenters. The maximum absolute atomic E-state index is 12.0. The molecular formula is C25H34O2Si. The van der Waals surface area contributed by atoms with E-state index in [0.29, 0.717) is 13.0 Å². The first-order chi connectivity index (χ1) is 13.2. The first-order valence-electron chi connectivity index (χ1n) is 10.2. The SMILES string of the molecule is CCC(=O)/C(C)=C(\C)CCO[Si](c1ccccc1)(c1ccccc1)C(C)(C)C. The second-order valence-corrected chi connectivity index (χ2v) is 12.7. The third-order valence-corrected chi connectivity index (χ3v) is 10.6. The number of ketones is 1. The Morgan fingerprint density at radius 2 is 1.36 bits per heavy atom. The number of benzene rings is 2. The van der Waals surface area contributed by atoms with Crippen molar-refractivity contribution in [3.63, 3.8) is 0 Å². The Bertz CT molecular complexity index is 762. The molecule has 2 rings (SSSR count). The Morgan fingerprint density at radius 1 is 0.893 bits per heavy atom. The largest absolute Gasteiger partial charge is 0.407 e. The van der Waals surface area contributed by atoms with Crippen molar-refractivity contribution in [1.29, 1.82) is 0 Å². The molecule has 0 aliphatic carbocycles. The Hall–Kier alpha value is -1.97. The number of hydrogen-bond donors (Lipinski definition) is 0. The average molecular weight is 395 g/mol. The van der Waals surface area contributed by atoms with Crippen molar-refractivity contribution in [3.8, 4) is 0 Å². The van der Waals surface area contributed by atoms with E-state index in [1.807, 2.05) is 13.8 Å². The van der Waals surface area contributed by atoms with E-state index in [4.69, 9.17) is 4.43 Å². The summed E-state index contributed by atoms with van der Waals surface area (Å²) >= 11 is 0. The van der Waals surface area contributed by atoms with Crippen molar-refractivity contribution in [3.05, 3.63) is 71.8 Å². The number of hydrogen-bond acceptors (Lipinski definition) is 2. The minimum absolute atomic E-state index is 0.0262. The molecule has 2 aromatic carbocycles. The van der Waals surface area contributed by atoms with Gasteiger partial charge in [0.2, 0.25) is 0 Å². The van der Waals surface area contributed by atoms with Crippen LogP contribution in [0.4, 0.5) is 0 Å². The number of carbonyl (C=O) groups excluding carboxylic acids is 1. The van der Waals surface area contributed by atoms with Crippen LogP contribution in [-0.4, -0.2) is 20.7 Å². The third-order valence-electron chi connectivity index (χ3n) is 5.59. The summed E-state index contributed by atoms with van der Waals surface area (Å²) in [5.74, 6) is 0.225. The minimum Gasteiger partial charge on any atom is -0.407 e. The maximum atomic E-state index is 12.0. The zero-order valence-corrected chi connectivity index (χ0v) is 19.2. The number of allylic oxidation sites excluding steroid dienone is 1. The van der Waals surface area contributed by atoms with Gasteiger partial charge in [-0.05, 0) is 41.3 Å². The summed E-state index contributed by atoms with van der Waals surface area (Å²) in [4.78, 5) is 12.0. The highest BCUT2D eigenvalue weighted by Crippen LogP contribution is 2.37. The molecule has 0 fully saturated rings. The summed E-state index contributed by atoms with van der Waals surface area (Å²) < 4.78 is 6.89. The molecule has 28 heavy (non-hydrogen) atoms. The Kier molecular flexibility index (Phi) is 7.56. The van der Waals surface area contributed by atoms with Crippen molar-refractivity contribution in [1.82, 2.24) is 0 Å². The van der Waals surface area contributed by atoms with Crippen molar-refractivity contribution < 1.29 is 9.22 Å². The second kappa shape index (κ2) is 9.49. The van der Waals surface area contributed by atoms with Gasteiger partial charge in [0, 0.05) is 13.0 Å². The molecule has 0 saturated heterocycles. The van der Waals surface area contributed by atoms with E-state index in [0.717, 1.165) is 17.6 Å². The fourth-order valence-electron chi connectivity index (χ4n) is 3.81. The zero-order valence-electron chi connectivity index (χ0n) is 18.2. The molecule has 0 N–H and O–H groups in total. The molecule has 0 heterocycles. The van der Waals surface area contributed by atoms with Gasteiger partial charge in [-0.15, -0.1) is 0 Å². The highest BCUT2D eigenvalue weighted by Gasteiger charge is 2.49. The molecule has 0 amide bonds. The van der Waals surface area contributed by atoms with Crippen LogP contribution >= 0.6 is 0 Å². The fraction of sp³-hybridized carbons (Fsp3) is 0.400. The zero-order chi connectivity index (χ0) is 20.8. The van der Waals surface area contributed by atoms with Gasteiger partial charge < -0.3 is 4.43 Å². The summed E-state index contributed by atoms with van der Waals surface area (Å²) in [7, 11) is -2.49. The maximum Gasteiger partial charge on any atom is 0.261 e. The Morgan fingerprint density at radius 3 is 1.75 bits per heavy atom. The summed E-state index contributed by atoms with van der Waals surface area (Å²) in [6.07, 6.45) is 1.33. The number of carbonyl (C=O) groups is 1. The lowest BCUT2D eigenvalue weighted by atomic mass is 10.0. The Balaban J connectivity index is 2.44. The molecule has 0 bridgehead atoms. The van der Waals surface area contributed by atoms with Gasteiger partial charge in [0.1, 0.15) is 0 Å². The Labute approximate surface area is 171 Å². The smallest absolute Gasteiger partial charge is 0.261 e. The van der Waals surface area contributed by atoms with E-state index in [9.17, 15) is 4.79 Å². The molecule has 0 spiro atoms. The molecule has 0 aromatic heterocycles. The molecule has 0 aliphatic heterocycles. The van der Waals surface area contributed by atoms with Crippen molar-refractivity contribution >= 4 is 24.5 Å². The predicted octanol–water partition coefficient (Wildman–Crippen LogP) is 5.27. The first-order valence-corrected chi connectivity index (χ1v) is 12.1. The lowest BCUT2D eigenvalue weighted by Gasteiger charge is -2.43. The minimum atomic E-state index is -2.49. The summed E-state index contributed by atoms with van der Waals surface area (Å²) in [6.45, 7) is 13.4. The highest BCUT2D eigenvalue weighted by atomic mass is 28.4. The van der Waals surface area contributed by atoms with Gasteiger partial charge >= 0.3 is 0 Å². The van der Waals surface area contributed by atoms with Gasteiger partial charge in [-0.1, -0.05) is 93.9 Å². The highest BCUT2D eigenvalue weighted by molar-refractivity contribution is 6.99. The van der Waals surface area contributed by atoms with Crippen LogP contribution in [0.3, 0.4) is 0 Å². The number of Topliss-reactive ketones (excluding diaryl/α,β-unsaturated/α-hetero) is 1. The third kappa shape index (κ3) is 4.71. The van der Waals surface area contributed by atoms with Crippen molar-refractivity contribution in [2.75, 3.05) is 6.61 Å². The van der Waals surface area contributed by atoms with Gasteiger partial charge in [-0.2, -0.15) is 0 Å².